The largest absolute Gasteiger partial charge is 0.394 e. The van der Waals surface area contributed by atoms with Crippen LogP contribution in [-0.4, -0.2) is 72.0 Å². The van der Waals surface area contributed by atoms with Crippen LogP contribution in [0.25, 0.3) is 11.2 Å². The second-order valence-corrected chi connectivity index (χ2v) is 7.08. The minimum Gasteiger partial charge on any atom is -0.394 e. The third-order valence-electron chi connectivity index (χ3n) is 5.21. The number of nitrogen functional groups attached to an aromatic ring is 1. The predicted molar refractivity (Wildman–Crippen MR) is 96.5 cm³/mol. The summed E-state index contributed by atoms with van der Waals surface area (Å²) in [5.41, 5.74) is 4.05. The first kappa shape index (κ1) is 18.7. The molecule has 0 saturated carbocycles. The number of aliphatic hydroxyl groups is 2. The average Bonchev–Trinajstić information content (AvgIpc) is 3.35. The van der Waals surface area contributed by atoms with Gasteiger partial charge in [0.05, 0.1) is 12.7 Å². The number of amides is 1. The van der Waals surface area contributed by atoms with Crippen molar-refractivity contribution in [2.75, 3.05) is 25.4 Å². The van der Waals surface area contributed by atoms with Crippen LogP contribution >= 0.6 is 0 Å². The molecule has 12 heteroatoms. The summed E-state index contributed by atoms with van der Waals surface area (Å²) in [6, 6.07) is 0. The highest BCUT2D eigenvalue weighted by Crippen LogP contribution is 2.29. The normalized spacial score (nSPS) is 25.1. The third kappa shape index (κ3) is 2.99. The van der Waals surface area contributed by atoms with Gasteiger partial charge in [0.15, 0.2) is 17.4 Å². The lowest BCUT2D eigenvalue weighted by molar-refractivity contribution is -0.130. The van der Waals surface area contributed by atoms with Gasteiger partial charge in [0.2, 0.25) is 11.9 Å². The van der Waals surface area contributed by atoms with Crippen molar-refractivity contribution < 1.29 is 19.7 Å². The summed E-state index contributed by atoms with van der Waals surface area (Å²) in [7, 11) is 0. The first-order valence-electron chi connectivity index (χ1n) is 9.13. The van der Waals surface area contributed by atoms with E-state index in [0.717, 1.165) is 22.0 Å². The molecule has 28 heavy (non-hydrogen) atoms. The second-order valence-electron chi connectivity index (χ2n) is 7.08. The van der Waals surface area contributed by atoms with E-state index in [1.807, 2.05) is 0 Å². The highest BCUT2D eigenvalue weighted by Gasteiger charge is 2.38. The molecule has 4 heterocycles. The summed E-state index contributed by atoms with van der Waals surface area (Å²) < 4.78 is 7.61. The van der Waals surface area contributed by atoms with Crippen LogP contribution in [0.4, 0.5) is 5.95 Å². The number of nitrogens with zero attached hydrogens (tertiary/aromatic N) is 4. The molecular weight excluding hydrogens is 372 g/mol. The van der Waals surface area contributed by atoms with Crippen LogP contribution in [0.1, 0.15) is 25.5 Å². The van der Waals surface area contributed by atoms with Crippen molar-refractivity contribution in [2.45, 2.75) is 44.2 Å². The van der Waals surface area contributed by atoms with E-state index in [-0.39, 0.29) is 42.6 Å². The molecular formula is C16H22N6O6. The lowest BCUT2D eigenvalue weighted by Crippen LogP contribution is -2.37. The maximum absolute atomic E-state index is 13.1. The number of likely N-dealkylation sites (tertiary alicyclic amines) is 1. The molecule has 2 fully saturated rings. The number of carbonyl (C=O) groups is 1. The summed E-state index contributed by atoms with van der Waals surface area (Å²) in [6.45, 7) is 0.556. The molecule has 4 rings (SSSR count). The number of ether oxygens (including phenoxy) is 1. The van der Waals surface area contributed by atoms with Gasteiger partial charge in [0, 0.05) is 19.5 Å². The summed E-state index contributed by atoms with van der Waals surface area (Å²) in [4.78, 5) is 46.2. The van der Waals surface area contributed by atoms with Crippen LogP contribution in [0.2, 0.25) is 0 Å². The SMILES string of the molecule is Nc1nc2c(c(=O)[nH]1)n(CC(=O)N1CCCC1)c(=O)n2C1OC(CO)CC1O. The fourth-order valence-corrected chi connectivity index (χ4v) is 3.86. The zero-order chi connectivity index (χ0) is 20.0. The molecule has 152 valence electrons. The van der Waals surface area contributed by atoms with Crippen molar-refractivity contribution in [1.82, 2.24) is 24.0 Å². The van der Waals surface area contributed by atoms with Crippen LogP contribution in [0.5, 0.6) is 0 Å². The average molecular weight is 394 g/mol. The Kier molecular flexibility index (Phi) is 4.69. The molecule has 1 amide bonds. The fourth-order valence-electron chi connectivity index (χ4n) is 3.86. The number of rotatable bonds is 4. The Hall–Kier alpha value is -2.70. The van der Waals surface area contributed by atoms with Gasteiger partial charge in [0.25, 0.3) is 5.56 Å². The lowest BCUT2D eigenvalue weighted by Gasteiger charge is -2.16. The van der Waals surface area contributed by atoms with Gasteiger partial charge in [-0.15, -0.1) is 0 Å². The van der Waals surface area contributed by atoms with Gasteiger partial charge in [-0.05, 0) is 12.8 Å². The monoisotopic (exact) mass is 394 g/mol. The van der Waals surface area contributed by atoms with Crippen LogP contribution in [-0.2, 0) is 16.1 Å². The van der Waals surface area contributed by atoms with Crippen molar-refractivity contribution >= 4 is 23.0 Å². The van der Waals surface area contributed by atoms with Crippen LogP contribution < -0.4 is 17.0 Å². The number of carbonyl (C=O) groups excluding carboxylic acids is 1. The van der Waals surface area contributed by atoms with Crippen molar-refractivity contribution in [1.29, 1.82) is 0 Å². The Bertz CT molecular complexity index is 1020. The molecule has 3 unspecified atom stereocenters. The molecule has 0 radical (unpaired) electrons. The summed E-state index contributed by atoms with van der Waals surface area (Å²) >= 11 is 0. The minimum absolute atomic E-state index is 0.0805. The van der Waals surface area contributed by atoms with E-state index >= 15 is 0 Å². The van der Waals surface area contributed by atoms with Crippen molar-refractivity contribution in [3.8, 4) is 0 Å². The summed E-state index contributed by atoms with van der Waals surface area (Å²) in [6.07, 6.45) is -0.992. The number of hydrogen-bond acceptors (Lipinski definition) is 8. The van der Waals surface area contributed by atoms with Crippen molar-refractivity contribution in [2.24, 2.45) is 0 Å². The van der Waals surface area contributed by atoms with Crippen LogP contribution in [0, 0.1) is 0 Å². The Morgan fingerprint density at radius 3 is 2.68 bits per heavy atom. The van der Waals surface area contributed by atoms with Gasteiger partial charge >= 0.3 is 5.69 Å². The molecule has 2 aromatic rings. The van der Waals surface area contributed by atoms with E-state index in [2.05, 4.69) is 9.97 Å². The number of aromatic nitrogens is 4. The molecule has 0 spiro atoms. The maximum Gasteiger partial charge on any atom is 0.333 e. The van der Waals surface area contributed by atoms with Crippen LogP contribution in [0.15, 0.2) is 9.59 Å². The number of fused-ring (bicyclic) bond motifs is 1. The van der Waals surface area contributed by atoms with Gasteiger partial charge in [0.1, 0.15) is 12.6 Å². The van der Waals surface area contributed by atoms with Gasteiger partial charge in [-0.3, -0.25) is 19.1 Å². The molecule has 12 nitrogen and oxygen atoms in total. The number of aromatic amines is 1. The van der Waals surface area contributed by atoms with Crippen molar-refractivity contribution in [3.05, 3.63) is 20.8 Å². The molecule has 3 atom stereocenters. The van der Waals surface area contributed by atoms with E-state index in [9.17, 15) is 24.6 Å². The quantitative estimate of drug-likeness (QED) is 0.450. The van der Waals surface area contributed by atoms with Crippen LogP contribution in [0.3, 0.4) is 0 Å². The van der Waals surface area contributed by atoms with E-state index in [4.69, 9.17) is 10.5 Å². The van der Waals surface area contributed by atoms with E-state index in [1.165, 1.54) is 0 Å². The number of nitrogens with one attached hydrogen (secondary N) is 1. The molecule has 5 N–H and O–H groups in total. The lowest BCUT2D eigenvalue weighted by atomic mass is 10.2. The number of anilines is 1. The fraction of sp³-hybridized carbons (Fsp3) is 0.625. The third-order valence-corrected chi connectivity index (χ3v) is 5.21. The van der Waals surface area contributed by atoms with E-state index in [0.29, 0.717) is 13.1 Å². The Morgan fingerprint density at radius 2 is 2.04 bits per heavy atom. The van der Waals surface area contributed by atoms with E-state index < -0.39 is 29.7 Å². The minimum atomic E-state index is -1.15. The highest BCUT2D eigenvalue weighted by atomic mass is 16.5. The van der Waals surface area contributed by atoms with Crippen molar-refractivity contribution in [3.63, 3.8) is 0 Å². The zero-order valence-electron chi connectivity index (χ0n) is 15.1. The maximum atomic E-state index is 13.1. The summed E-state index contributed by atoms with van der Waals surface area (Å²) in [5, 5.41) is 19.6. The molecule has 0 bridgehead atoms. The first-order chi connectivity index (χ1) is 13.4. The number of imidazole rings is 1. The molecule has 2 aliphatic rings. The van der Waals surface area contributed by atoms with Gasteiger partial charge in [-0.1, -0.05) is 0 Å². The predicted octanol–water partition coefficient (Wildman–Crippen LogP) is -2.27. The number of H-pyrrole nitrogens is 1. The standard InChI is InChI=1S/C16H22N6O6/c17-15-18-12-11(13(26)19-15)21(6-10(25)20-3-1-2-4-20)16(27)22(12)14-9(24)5-8(7-23)28-14/h8-9,14,23-24H,1-7H2,(H3,17,18,19,26). The number of hydrogen-bond donors (Lipinski definition) is 4. The smallest absolute Gasteiger partial charge is 0.333 e. The number of aliphatic hydroxyl groups excluding tert-OH is 2. The second kappa shape index (κ2) is 7.04. The van der Waals surface area contributed by atoms with Gasteiger partial charge in [-0.2, -0.15) is 4.98 Å². The van der Waals surface area contributed by atoms with E-state index in [1.54, 1.807) is 4.90 Å². The van der Waals surface area contributed by atoms with Gasteiger partial charge in [-0.25, -0.2) is 9.36 Å². The summed E-state index contributed by atoms with van der Waals surface area (Å²) in [5.74, 6) is -0.489. The topological polar surface area (TPSA) is 169 Å². The zero-order valence-corrected chi connectivity index (χ0v) is 15.1. The molecule has 2 aromatic heterocycles. The van der Waals surface area contributed by atoms with Gasteiger partial charge < -0.3 is 25.6 Å². The molecule has 0 aromatic carbocycles. The Morgan fingerprint density at radius 1 is 1.32 bits per heavy atom. The first-order valence-corrected chi connectivity index (χ1v) is 9.13. The molecule has 2 saturated heterocycles. The highest BCUT2D eigenvalue weighted by molar-refractivity contribution is 5.79. The molecule has 2 aliphatic heterocycles. The number of nitrogens with two attached hydrogens (primary N) is 1. The molecule has 0 aliphatic carbocycles. The Balaban J connectivity index is 1.84. The Labute approximate surface area is 158 Å².